The number of halogens is 3. The van der Waals surface area contributed by atoms with E-state index in [2.05, 4.69) is 23.6 Å². The zero-order chi connectivity index (χ0) is 17.0. The molecule has 1 aromatic rings. The van der Waals surface area contributed by atoms with Crippen LogP contribution in [0.25, 0.3) is 0 Å². The number of rotatable bonds is 6. The molecule has 0 unspecified atom stereocenters. The molecule has 2 rings (SSSR count). The number of nitrogens with zero attached hydrogens (tertiary/aromatic N) is 2. The van der Waals surface area contributed by atoms with E-state index in [1.807, 2.05) is 0 Å². The molecule has 1 saturated heterocycles. The molecule has 0 radical (unpaired) electrons. The minimum absolute atomic E-state index is 0.0394. The quantitative estimate of drug-likeness (QED) is 0.868. The maximum atomic E-state index is 12.7. The van der Waals surface area contributed by atoms with Crippen LogP contribution in [-0.2, 0) is 6.18 Å². The van der Waals surface area contributed by atoms with Crippen LogP contribution in [0.4, 0.5) is 13.2 Å². The predicted molar refractivity (Wildman–Crippen MR) is 84.2 cm³/mol. The molecule has 0 aromatic heterocycles. The zero-order valence-corrected chi connectivity index (χ0v) is 13.7. The normalized spacial score (nSPS) is 21.1. The first-order valence-electron chi connectivity index (χ1n) is 8.16. The van der Waals surface area contributed by atoms with Crippen LogP contribution in [-0.4, -0.2) is 53.7 Å². The van der Waals surface area contributed by atoms with Crippen molar-refractivity contribution in [3.63, 3.8) is 0 Å². The third kappa shape index (κ3) is 4.68. The number of hydrogen-bond donors (Lipinski definition) is 1. The van der Waals surface area contributed by atoms with E-state index in [-0.39, 0.29) is 12.1 Å². The number of aliphatic hydroxyl groups is 1. The maximum absolute atomic E-state index is 12.7. The number of likely N-dealkylation sites (N-methyl/N-ethyl adjacent to an activating group) is 1. The van der Waals surface area contributed by atoms with Crippen LogP contribution >= 0.6 is 0 Å². The molecule has 1 fully saturated rings. The van der Waals surface area contributed by atoms with Crippen molar-refractivity contribution in [2.24, 2.45) is 0 Å². The highest BCUT2D eigenvalue weighted by Gasteiger charge is 2.31. The van der Waals surface area contributed by atoms with Gasteiger partial charge in [0.1, 0.15) is 0 Å². The third-order valence-electron chi connectivity index (χ3n) is 4.55. The van der Waals surface area contributed by atoms with Gasteiger partial charge in [-0.05, 0) is 37.2 Å². The van der Waals surface area contributed by atoms with Gasteiger partial charge in [-0.25, -0.2) is 0 Å². The zero-order valence-electron chi connectivity index (χ0n) is 13.7. The number of benzene rings is 1. The van der Waals surface area contributed by atoms with E-state index < -0.39 is 11.7 Å². The lowest BCUT2D eigenvalue weighted by Crippen LogP contribution is -2.37. The summed E-state index contributed by atoms with van der Waals surface area (Å²) in [6.45, 7) is 7.97. The Kier molecular flexibility index (Phi) is 6.06. The second-order valence-corrected chi connectivity index (χ2v) is 6.06. The van der Waals surface area contributed by atoms with Gasteiger partial charge < -0.3 is 5.11 Å². The molecule has 0 saturated carbocycles. The predicted octanol–water partition coefficient (Wildman–Crippen LogP) is 3.15. The number of hydrogen-bond acceptors (Lipinski definition) is 3. The molecule has 2 atom stereocenters. The summed E-state index contributed by atoms with van der Waals surface area (Å²) in [6.07, 6.45) is -3.83. The Labute approximate surface area is 135 Å². The minimum Gasteiger partial charge on any atom is -0.392 e. The van der Waals surface area contributed by atoms with E-state index >= 15 is 0 Å². The Morgan fingerprint density at radius 1 is 1.22 bits per heavy atom. The van der Waals surface area contributed by atoms with Gasteiger partial charge >= 0.3 is 6.18 Å². The lowest BCUT2D eigenvalue weighted by Gasteiger charge is -2.33. The average Bonchev–Trinajstić information content (AvgIpc) is 2.92. The molecular weight excluding hydrogens is 305 g/mol. The summed E-state index contributed by atoms with van der Waals surface area (Å²) in [5, 5.41) is 9.68. The van der Waals surface area contributed by atoms with Gasteiger partial charge in [0.2, 0.25) is 0 Å². The largest absolute Gasteiger partial charge is 0.416 e. The summed E-state index contributed by atoms with van der Waals surface area (Å²) in [7, 11) is 0. The number of β-amino-alcohol motifs (C(OH)–C–C–N with tert-alkyl or cyclic N) is 1. The molecule has 0 amide bonds. The first-order chi connectivity index (χ1) is 10.8. The molecular formula is C17H25F3N2O. The molecule has 0 spiro atoms. The van der Waals surface area contributed by atoms with Crippen LogP contribution in [0.1, 0.15) is 37.4 Å². The minimum atomic E-state index is -4.30. The van der Waals surface area contributed by atoms with E-state index in [0.29, 0.717) is 6.54 Å². The highest BCUT2D eigenvalue weighted by Crippen LogP contribution is 2.31. The Bertz CT molecular complexity index is 486. The smallest absolute Gasteiger partial charge is 0.392 e. The molecule has 1 aliphatic heterocycles. The van der Waals surface area contributed by atoms with Crippen LogP contribution in [0.15, 0.2) is 24.3 Å². The molecule has 1 aliphatic rings. The van der Waals surface area contributed by atoms with Crippen molar-refractivity contribution in [1.82, 2.24) is 9.80 Å². The van der Waals surface area contributed by atoms with E-state index in [1.165, 1.54) is 0 Å². The van der Waals surface area contributed by atoms with E-state index in [0.717, 1.165) is 50.3 Å². The monoisotopic (exact) mass is 330 g/mol. The maximum Gasteiger partial charge on any atom is 0.416 e. The van der Waals surface area contributed by atoms with E-state index in [9.17, 15) is 18.3 Å². The van der Waals surface area contributed by atoms with Crippen molar-refractivity contribution in [3.05, 3.63) is 35.4 Å². The molecule has 3 nitrogen and oxygen atoms in total. The van der Waals surface area contributed by atoms with Gasteiger partial charge in [0, 0.05) is 25.7 Å². The second-order valence-electron chi connectivity index (χ2n) is 6.06. The first kappa shape index (κ1) is 18.2. The molecule has 23 heavy (non-hydrogen) atoms. The third-order valence-corrected chi connectivity index (χ3v) is 4.55. The molecule has 1 heterocycles. The van der Waals surface area contributed by atoms with E-state index in [4.69, 9.17) is 0 Å². The second kappa shape index (κ2) is 7.64. The van der Waals surface area contributed by atoms with Gasteiger partial charge in [-0.1, -0.05) is 26.0 Å². The SMILES string of the molecule is CCN(CC)[C@H](CN1CC[C@H](O)C1)c1ccc(C(F)(F)F)cc1. The molecule has 1 aromatic carbocycles. The van der Waals surface area contributed by atoms with Crippen LogP contribution in [0, 0.1) is 0 Å². The molecule has 0 aliphatic carbocycles. The molecule has 0 bridgehead atoms. The fourth-order valence-corrected chi connectivity index (χ4v) is 3.21. The van der Waals surface area contributed by atoms with Crippen LogP contribution < -0.4 is 0 Å². The van der Waals surface area contributed by atoms with Crippen molar-refractivity contribution in [3.8, 4) is 0 Å². The number of alkyl halides is 3. The van der Waals surface area contributed by atoms with Crippen LogP contribution in [0.5, 0.6) is 0 Å². The van der Waals surface area contributed by atoms with Gasteiger partial charge in [-0.2, -0.15) is 13.2 Å². The number of likely N-dealkylation sites (tertiary alicyclic amines) is 1. The molecule has 1 N–H and O–H groups in total. The summed E-state index contributed by atoms with van der Waals surface area (Å²) < 4.78 is 38.2. The van der Waals surface area contributed by atoms with Gasteiger partial charge in [0.05, 0.1) is 11.7 Å². The van der Waals surface area contributed by atoms with Crippen LogP contribution in [0.3, 0.4) is 0 Å². The summed E-state index contributed by atoms with van der Waals surface area (Å²) in [4.78, 5) is 4.43. The average molecular weight is 330 g/mol. The van der Waals surface area contributed by atoms with Crippen molar-refractivity contribution in [1.29, 1.82) is 0 Å². The Balaban J connectivity index is 2.19. The van der Waals surface area contributed by atoms with E-state index in [1.54, 1.807) is 12.1 Å². The Hall–Kier alpha value is -1.11. The molecule has 6 heteroatoms. The Morgan fingerprint density at radius 2 is 1.83 bits per heavy atom. The van der Waals surface area contributed by atoms with Gasteiger partial charge in [-0.15, -0.1) is 0 Å². The van der Waals surface area contributed by atoms with Crippen molar-refractivity contribution in [2.75, 3.05) is 32.7 Å². The summed E-state index contributed by atoms with van der Waals surface area (Å²) in [5.41, 5.74) is 0.277. The van der Waals surface area contributed by atoms with Crippen molar-refractivity contribution >= 4 is 0 Å². The lowest BCUT2D eigenvalue weighted by atomic mass is 10.0. The van der Waals surface area contributed by atoms with Gasteiger partial charge in [0.15, 0.2) is 0 Å². The van der Waals surface area contributed by atoms with Crippen molar-refractivity contribution in [2.45, 2.75) is 38.6 Å². The summed E-state index contributed by atoms with van der Waals surface area (Å²) in [5.74, 6) is 0. The highest BCUT2D eigenvalue weighted by molar-refractivity contribution is 5.27. The summed E-state index contributed by atoms with van der Waals surface area (Å²) >= 11 is 0. The lowest BCUT2D eigenvalue weighted by molar-refractivity contribution is -0.137. The Morgan fingerprint density at radius 3 is 2.26 bits per heavy atom. The fourth-order valence-electron chi connectivity index (χ4n) is 3.21. The fraction of sp³-hybridized carbons (Fsp3) is 0.647. The highest BCUT2D eigenvalue weighted by atomic mass is 19.4. The van der Waals surface area contributed by atoms with Gasteiger partial charge in [0.25, 0.3) is 0 Å². The molecule has 130 valence electrons. The first-order valence-corrected chi connectivity index (χ1v) is 8.16. The van der Waals surface area contributed by atoms with Crippen molar-refractivity contribution < 1.29 is 18.3 Å². The van der Waals surface area contributed by atoms with Crippen LogP contribution in [0.2, 0.25) is 0 Å². The van der Waals surface area contributed by atoms with Gasteiger partial charge in [-0.3, -0.25) is 9.80 Å². The number of aliphatic hydroxyl groups excluding tert-OH is 1. The topological polar surface area (TPSA) is 26.7 Å². The summed E-state index contributed by atoms with van der Waals surface area (Å²) in [6, 6.07) is 5.52. The standard InChI is InChI=1S/C17H25F3N2O/c1-3-22(4-2)16(12-21-10-9-15(23)11-21)13-5-7-14(8-6-13)17(18,19)20/h5-8,15-16,23H,3-4,9-12H2,1-2H3/t15-,16+/m0/s1.